The molecule has 1 saturated heterocycles. The molecule has 0 bridgehead atoms. The number of hydrogen-bond acceptors (Lipinski definition) is 5. The first-order valence-corrected chi connectivity index (χ1v) is 10.4. The Labute approximate surface area is 168 Å². The molecule has 2 N–H and O–H groups in total. The molecule has 2 aromatic rings. The number of carboxylic acid groups (broad SMARTS) is 1. The third-order valence-corrected chi connectivity index (χ3v) is 6.87. The van der Waals surface area contributed by atoms with Gasteiger partial charge in [-0.15, -0.1) is 0 Å². The van der Waals surface area contributed by atoms with Crippen molar-refractivity contribution in [3.8, 4) is 6.07 Å². The number of carbonyl (C=O) groups excluding carboxylic acids is 1. The molecule has 0 aromatic heterocycles. The number of rotatable bonds is 5. The zero-order valence-corrected chi connectivity index (χ0v) is 16.4. The lowest BCUT2D eigenvalue weighted by Crippen LogP contribution is -2.33. The van der Waals surface area contributed by atoms with E-state index in [1.807, 2.05) is 13.0 Å². The fraction of sp³-hybridized carbons (Fsp3) is 0.250. The van der Waals surface area contributed by atoms with Crippen LogP contribution in [0.1, 0.15) is 46.0 Å². The van der Waals surface area contributed by atoms with Gasteiger partial charge in [-0.1, -0.05) is 0 Å². The van der Waals surface area contributed by atoms with E-state index in [1.54, 1.807) is 0 Å². The molecule has 1 heterocycles. The molecule has 1 fully saturated rings. The second kappa shape index (κ2) is 8.03. The summed E-state index contributed by atoms with van der Waals surface area (Å²) in [5.74, 6) is -1.87. The van der Waals surface area contributed by atoms with Crippen LogP contribution in [-0.4, -0.2) is 42.3 Å². The van der Waals surface area contributed by atoms with Crippen LogP contribution in [0.25, 0.3) is 0 Å². The Hall–Kier alpha value is -3.22. The maximum Gasteiger partial charge on any atom is 0.337 e. The van der Waals surface area contributed by atoms with Crippen molar-refractivity contribution in [3.63, 3.8) is 0 Å². The number of carbonyl (C=O) groups is 2. The van der Waals surface area contributed by atoms with E-state index in [2.05, 4.69) is 5.32 Å². The van der Waals surface area contributed by atoms with Gasteiger partial charge in [-0.05, 0) is 62.2 Å². The summed E-state index contributed by atoms with van der Waals surface area (Å²) in [6.07, 6.45) is 1.63. The molecule has 3 rings (SSSR count). The molecule has 0 radical (unpaired) electrons. The van der Waals surface area contributed by atoms with E-state index in [-0.39, 0.29) is 33.3 Å². The SMILES string of the molecule is CC1CCCN1S(=O)(=O)c1ccc(C(=O)Nc2ccc(C#N)cc2C(=O)O)cc1. The molecule has 0 aliphatic carbocycles. The Kier molecular flexibility index (Phi) is 5.68. The van der Waals surface area contributed by atoms with E-state index in [1.165, 1.54) is 46.8 Å². The van der Waals surface area contributed by atoms with E-state index in [0.29, 0.717) is 6.54 Å². The van der Waals surface area contributed by atoms with Crippen molar-refractivity contribution in [1.29, 1.82) is 5.26 Å². The number of nitrogens with zero attached hydrogens (tertiary/aromatic N) is 2. The highest BCUT2D eigenvalue weighted by molar-refractivity contribution is 7.89. The Bertz CT molecular complexity index is 1100. The monoisotopic (exact) mass is 413 g/mol. The van der Waals surface area contributed by atoms with Gasteiger partial charge in [0.05, 0.1) is 27.8 Å². The van der Waals surface area contributed by atoms with Crippen molar-refractivity contribution < 1.29 is 23.1 Å². The molecule has 29 heavy (non-hydrogen) atoms. The number of carboxylic acids is 1. The standard InChI is InChI=1S/C20H19N3O5S/c1-13-3-2-10-23(13)29(27,28)16-7-5-15(6-8-16)19(24)22-18-9-4-14(12-21)11-17(18)20(25)26/h4-9,11,13H,2-3,10H2,1H3,(H,22,24)(H,25,26). The van der Waals surface area contributed by atoms with E-state index in [0.717, 1.165) is 12.8 Å². The molecule has 8 nitrogen and oxygen atoms in total. The van der Waals surface area contributed by atoms with Gasteiger partial charge in [0.1, 0.15) is 0 Å². The van der Waals surface area contributed by atoms with Gasteiger partial charge < -0.3 is 10.4 Å². The van der Waals surface area contributed by atoms with Crippen LogP contribution in [0, 0.1) is 11.3 Å². The lowest BCUT2D eigenvalue weighted by molar-refractivity contribution is 0.0698. The van der Waals surface area contributed by atoms with E-state index in [4.69, 9.17) is 5.26 Å². The van der Waals surface area contributed by atoms with Crippen LogP contribution in [-0.2, 0) is 10.0 Å². The van der Waals surface area contributed by atoms with Gasteiger partial charge in [0, 0.05) is 18.2 Å². The highest BCUT2D eigenvalue weighted by atomic mass is 32.2. The highest BCUT2D eigenvalue weighted by Crippen LogP contribution is 2.26. The lowest BCUT2D eigenvalue weighted by Gasteiger charge is -2.21. The van der Waals surface area contributed by atoms with Crippen LogP contribution in [0.15, 0.2) is 47.4 Å². The molecule has 0 saturated carbocycles. The molecular weight excluding hydrogens is 394 g/mol. The molecule has 9 heteroatoms. The van der Waals surface area contributed by atoms with Gasteiger partial charge in [-0.3, -0.25) is 4.79 Å². The second-order valence-corrected chi connectivity index (χ2v) is 8.65. The predicted octanol–water partition coefficient (Wildman–Crippen LogP) is 2.68. The van der Waals surface area contributed by atoms with Crippen molar-refractivity contribution in [2.45, 2.75) is 30.7 Å². The van der Waals surface area contributed by atoms with Gasteiger partial charge >= 0.3 is 5.97 Å². The van der Waals surface area contributed by atoms with Crippen molar-refractivity contribution in [2.24, 2.45) is 0 Å². The first kappa shape index (κ1) is 20.5. The minimum absolute atomic E-state index is 0.0455. The third kappa shape index (κ3) is 4.13. The van der Waals surface area contributed by atoms with Gasteiger partial charge in [0.2, 0.25) is 10.0 Å². The lowest BCUT2D eigenvalue weighted by atomic mass is 10.1. The van der Waals surface area contributed by atoms with Crippen molar-refractivity contribution >= 4 is 27.6 Å². The quantitative estimate of drug-likeness (QED) is 0.776. The summed E-state index contributed by atoms with van der Waals surface area (Å²) in [5.41, 5.74) is 0.175. The molecule has 150 valence electrons. The first-order valence-electron chi connectivity index (χ1n) is 8.94. The summed E-state index contributed by atoms with van der Waals surface area (Å²) >= 11 is 0. The number of sulfonamides is 1. The highest BCUT2D eigenvalue weighted by Gasteiger charge is 2.32. The molecule has 2 aromatic carbocycles. The summed E-state index contributed by atoms with van der Waals surface area (Å²) in [6, 6.07) is 11.2. The minimum atomic E-state index is -3.62. The van der Waals surface area contributed by atoms with E-state index in [9.17, 15) is 23.1 Å². The van der Waals surface area contributed by atoms with Crippen LogP contribution in [0.4, 0.5) is 5.69 Å². The minimum Gasteiger partial charge on any atom is -0.478 e. The van der Waals surface area contributed by atoms with Gasteiger partial charge in [0.15, 0.2) is 0 Å². The summed E-state index contributed by atoms with van der Waals surface area (Å²) in [7, 11) is -3.62. The number of amides is 1. The van der Waals surface area contributed by atoms with Crippen LogP contribution in [0.2, 0.25) is 0 Å². The molecule has 1 aliphatic rings. The summed E-state index contributed by atoms with van der Waals surface area (Å²) < 4.78 is 26.9. The Morgan fingerprint density at radius 2 is 1.90 bits per heavy atom. The second-order valence-electron chi connectivity index (χ2n) is 6.76. The average molecular weight is 413 g/mol. The maximum absolute atomic E-state index is 12.7. The fourth-order valence-electron chi connectivity index (χ4n) is 3.27. The number of anilines is 1. The van der Waals surface area contributed by atoms with Gasteiger partial charge in [-0.2, -0.15) is 9.57 Å². The smallest absolute Gasteiger partial charge is 0.337 e. The Balaban J connectivity index is 1.82. The molecule has 1 amide bonds. The number of nitriles is 1. The largest absolute Gasteiger partial charge is 0.478 e. The Morgan fingerprint density at radius 1 is 1.21 bits per heavy atom. The normalized spacial score (nSPS) is 16.9. The first-order chi connectivity index (χ1) is 13.7. The molecule has 1 aliphatic heterocycles. The zero-order valence-electron chi connectivity index (χ0n) is 15.6. The molecule has 1 unspecified atom stereocenters. The van der Waals surface area contributed by atoms with Crippen molar-refractivity contribution in [2.75, 3.05) is 11.9 Å². The zero-order chi connectivity index (χ0) is 21.2. The number of aromatic carboxylic acids is 1. The summed E-state index contributed by atoms with van der Waals surface area (Å²) in [5, 5.41) is 20.7. The maximum atomic E-state index is 12.7. The van der Waals surface area contributed by atoms with Crippen molar-refractivity contribution in [1.82, 2.24) is 4.31 Å². The molecule has 1 atom stereocenters. The average Bonchev–Trinajstić information content (AvgIpc) is 3.15. The van der Waals surface area contributed by atoms with Crippen LogP contribution in [0.5, 0.6) is 0 Å². The third-order valence-electron chi connectivity index (χ3n) is 4.84. The van der Waals surface area contributed by atoms with Crippen LogP contribution in [0.3, 0.4) is 0 Å². The van der Waals surface area contributed by atoms with Crippen LogP contribution < -0.4 is 5.32 Å². The topological polar surface area (TPSA) is 128 Å². The van der Waals surface area contributed by atoms with Gasteiger partial charge in [-0.25, -0.2) is 13.2 Å². The molecular formula is C20H19N3O5S. The number of hydrogen-bond donors (Lipinski definition) is 2. The van der Waals surface area contributed by atoms with Crippen LogP contribution >= 0.6 is 0 Å². The number of nitrogens with one attached hydrogen (secondary N) is 1. The summed E-state index contributed by atoms with van der Waals surface area (Å²) in [4.78, 5) is 24.0. The Morgan fingerprint density at radius 3 is 2.45 bits per heavy atom. The fourth-order valence-corrected chi connectivity index (χ4v) is 4.97. The number of benzene rings is 2. The summed E-state index contributed by atoms with van der Waals surface area (Å²) in [6.45, 7) is 2.34. The van der Waals surface area contributed by atoms with E-state index >= 15 is 0 Å². The van der Waals surface area contributed by atoms with E-state index < -0.39 is 21.9 Å². The van der Waals surface area contributed by atoms with Crippen molar-refractivity contribution in [3.05, 3.63) is 59.2 Å². The van der Waals surface area contributed by atoms with Gasteiger partial charge in [0.25, 0.3) is 5.91 Å². The molecule has 0 spiro atoms. The predicted molar refractivity (Wildman–Crippen MR) is 105 cm³/mol.